The van der Waals surface area contributed by atoms with E-state index < -0.39 is 31.6 Å². The van der Waals surface area contributed by atoms with Crippen molar-refractivity contribution in [2.24, 2.45) is 5.92 Å². The Kier molecular flexibility index (Phi) is 4.72. The van der Waals surface area contributed by atoms with Crippen molar-refractivity contribution in [1.29, 1.82) is 0 Å². The number of anilines is 1. The van der Waals surface area contributed by atoms with Crippen LogP contribution in [-0.2, 0) is 24.5 Å². The molecular weight excluding hydrogens is 342 g/mol. The Morgan fingerprint density at radius 3 is 2.35 bits per heavy atom. The normalized spacial score (nSPS) is 19.6. The van der Waals surface area contributed by atoms with Gasteiger partial charge >= 0.3 is 5.97 Å². The van der Waals surface area contributed by atoms with E-state index in [1.54, 1.807) is 4.90 Å². The van der Waals surface area contributed by atoms with Crippen LogP contribution in [0.4, 0.5) is 5.69 Å². The lowest BCUT2D eigenvalue weighted by Crippen LogP contribution is -2.39. The molecule has 9 heteroatoms. The van der Waals surface area contributed by atoms with Gasteiger partial charge in [0, 0.05) is 25.6 Å². The van der Waals surface area contributed by atoms with Crippen LogP contribution < -0.4 is 4.90 Å². The van der Waals surface area contributed by atoms with Crippen LogP contribution in [0.25, 0.3) is 0 Å². The van der Waals surface area contributed by atoms with Crippen LogP contribution >= 0.6 is 0 Å². The van der Waals surface area contributed by atoms with E-state index in [0.29, 0.717) is 25.1 Å². The van der Waals surface area contributed by atoms with Crippen molar-refractivity contribution >= 4 is 31.3 Å². The molecule has 1 atom stereocenters. The summed E-state index contributed by atoms with van der Waals surface area (Å²) in [5.74, 6) is -1.48. The van der Waals surface area contributed by atoms with E-state index in [4.69, 9.17) is 5.11 Å². The van der Waals surface area contributed by atoms with Crippen molar-refractivity contribution < 1.29 is 26.7 Å². The molecule has 0 aromatic heterocycles. The number of aliphatic carboxylic acids is 1. The van der Waals surface area contributed by atoms with E-state index in [2.05, 4.69) is 0 Å². The minimum atomic E-state index is -3.66. The van der Waals surface area contributed by atoms with Gasteiger partial charge in [-0.3, -0.25) is 4.79 Å². The molecule has 128 valence electrons. The summed E-state index contributed by atoms with van der Waals surface area (Å²) in [6.45, 7) is 0.737. The van der Waals surface area contributed by atoms with E-state index in [1.165, 1.54) is 12.1 Å². The number of nitrogens with zero attached hydrogens (tertiary/aromatic N) is 1. The fourth-order valence-corrected chi connectivity index (χ4v) is 4.32. The molecule has 0 aliphatic carbocycles. The van der Waals surface area contributed by atoms with Gasteiger partial charge in [-0.25, -0.2) is 16.8 Å². The Balaban J connectivity index is 2.52. The molecular formula is C14H19NO6S2. The highest BCUT2D eigenvalue weighted by molar-refractivity contribution is 7.91. The zero-order chi connectivity index (χ0) is 17.4. The number of sulfone groups is 2. The minimum absolute atomic E-state index is 0.0755. The largest absolute Gasteiger partial charge is 0.481 e. The highest BCUT2D eigenvalue weighted by Crippen LogP contribution is 2.31. The molecule has 0 bridgehead atoms. The first-order chi connectivity index (χ1) is 10.5. The monoisotopic (exact) mass is 361 g/mol. The molecule has 7 nitrogen and oxygen atoms in total. The fraction of sp³-hybridized carbons (Fsp3) is 0.500. The van der Waals surface area contributed by atoms with Crippen LogP contribution in [0.15, 0.2) is 28.0 Å². The summed E-state index contributed by atoms with van der Waals surface area (Å²) < 4.78 is 47.4. The third kappa shape index (κ3) is 4.03. The Hall–Kier alpha value is -1.61. The zero-order valence-electron chi connectivity index (χ0n) is 12.9. The van der Waals surface area contributed by atoms with Gasteiger partial charge in [-0.2, -0.15) is 0 Å². The number of carbonyl (C=O) groups is 1. The number of benzene rings is 1. The average molecular weight is 361 g/mol. The first kappa shape index (κ1) is 17.7. The maximum absolute atomic E-state index is 12.1. The van der Waals surface area contributed by atoms with Crippen molar-refractivity contribution in [2.45, 2.75) is 22.6 Å². The van der Waals surface area contributed by atoms with Gasteiger partial charge in [-0.05, 0) is 31.0 Å². The van der Waals surface area contributed by atoms with Crippen LogP contribution in [0.1, 0.15) is 12.8 Å². The SMILES string of the molecule is CS(=O)(=O)c1ccc(N2CCCC(C(=O)O)C2)c(S(C)(=O)=O)c1. The third-order valence-electron chi connectivity index (χ3n) is 3.87. The molecule has 0 radical (unpaired) electrons. The molecule has 1 heterocycles. The number of carboxylic acids is 1. The summed E-state index contributed by atoms with van der Waals surface area (Å²) in [5, 5.41) is 9.16. The fourth-order valence-electron chi connectivity index (χ4n) is 2.68. The summed E-state index contributed by atoms with van der Waals surface area (Å²) in [7, 11) is -7.19. The Morgan fingerprint density at radius 2 is 1.83 bits per heavy atom. The molecule has 1 fully saturated rings. The van der Waals surface area contributed by atoms with Gasteiger partial charge in [0.25, 0.3) is 0 Å². The Labute approximate surface area is 135 Å². The molecule has 1 aromatic rings. The number of rotatable bonds is 4. The maximum Gasteiger partial charge on any atom is 0.308 e. The molecule has 0 saturated carbocycles. The van der Waals surface area contributed by atoms with Gasteiger partial charge in [0.2, 0.25) is 0 Å². The van der Waals surface area contributed by atoms with E-state index in [-0.39, 0.29) is 16.3 Å². The summed E-state index contributed by atoms with van der Waals surface area (Å²) in [6, 6.07) is 3.94. The molecule has 1 N–H and O–H groups in total. The average Bonchev–Trinajstić information content (AvgIpc) is 2.45. The highest BCUT2D eigenvalue weighted by Gasteiger charge is 2.28. The van der Waals surface area contributed by atoms with Crippen LogP contribution in [-0.4, -0.2) is 53.5 Å². The van der Waals surface area contributed by atoms with E-state index in [1.807, 2.05) is 0 Å². The number of hydrogen-bond donors (Lipinski definition) is 1. The van der Waals surface area contributed by atoms with Crippen LogP contribution in [0.2, 0.25) is 0 Å². The Bertz CT molecular complexity index is 829. The molecule has 1 aliphatic heterocycles. The first-order valence-electron chi connectivity index (χ1n) is 7.02. The molecule has 1 aliphatic rings. The number of piperidine rings is 1. The summed E-state index contributed by atoms with van der Waals surface area (Å²) in [6.07, 6.45) is 3.20. The second kappa shape index (κ2) is 6.12. The number of hydrogen-bond acceptors (Lipinski definition) is 6. The first-order valence-corrected chi connectivity index (χ1v) is 10.8. The molecule has 0 amide bonds. The lowest BCUT2D eigenvalue weighted by atomic mass is 9.98. The van der Waals surface area contributed by atoms with Crippen molar-refractivity contribution in [3.63, 3.8) is 0 Å². The van der Waals surface area contributed by atoms with Gasteiger partial charge in [-0.1, -0.05) is 0 Å². The highest BCUT2D eigenvalue weighted by atomic mass is 32.2. The van der Waals surface area contributed by atoms with Crippen LogP contribution in [0.5, 0.6) is 0 Å². The van der Waals surface area contributed by atoms with Gasteiger partial charge < -0.3 is 10.0 Å². The zero-order valence-corrected chi connectivity index (χ0v) is 14.5. The van der Waals surface area contributed by atoms with Crippen molar-refractivity contribution in [3.8, 4) is 0 Å². The van der Waals surface area contributed by atoms with Gasteiger partial charge in [-0.15, -0.1) is 0 Å². The predicted octanol–water partition coefficient (Wildman–Crippen LogP) is 0.795. The van der Waals surface area contributed by atoms with Crippen LogP contribution in [0, 0.1) is 5.92 Å². The predicted molar refractivity (Wildman–Crippen MR) is 85.2 cm³/mol. The smallest absolute Gasteiger partial charge is 0.308 e. The van der Waals surface area contributed by atoms with Crippen LogP contribution in [0.3, 0.4) is 0 Å². The van der Waals surface area contributed by atoms with E-state index in [0.717, 1.165) is 18.6 Å². The van der Waals surface area contributed by atoms with Crippen molar-refractivity contribution in [2.75, 3.05) is 30.5 Å². The molecule has 2 rings (SSSR count). The lowest BCUT2D eigenvalue weighted by Gasteiger charge is -2.33. The van der Waals surface area contributed by atoms with Crippen molar-refractivity contribution in [3.05, 3.63) is 18.2 Å². The molecule has 23 heavy (non-hydrogen) atoms. The second-order valence-electron chi connectivity index (χ2n) is 5.80. The van der Waals surface area contributed by atoms with Gasteiger partial charge in [0.1, 0.15) is 0 Å². The maximum atomic E-state index is 12.1. The standard InChI is InChI=1S/C14H19NO6S2/c1-22(18,19)11-5-6-12(13(8-11)23(2,20)21)15-7-3-4-10(9-15)14(16)17/h5-6,8,10H,3-4,7,9H2,1-2H3,(H,16,17). The Morgan fingerprint density at radius 1 is 1.17 bits per heavy atom. The molecule has 1 unspecified atom stereocenters. The van der Waals surface area contributed by atoms with Crippen molar-refractivity contribution in [1.82, 2.24) is 0 Å². The number of carboxylic acid groups (broad SMARTS) is 1. The minimum Gasteiger partial charge on any atom is -0.481 e. The summed E-state index contributed by atoms with van der Waals surface area (Å²) >= 11 is 0. The second-order valence-corrected chi connectivity index (χ2v) is 9.80. The topological polar surface area (TPSA) is 109 Å². The quantitative estimate of drug-likeness (QED) is 0.844. The summed E-state index contributed by atoms with van der Waals surface area (Å²) in [5.41, 5.74) is 0.353. The third-order valence-corrected chi connectivity index (χ3v) is 6.11. The molecule has 0 spiro atoms. The molecule has 1 aromatic carbocycles. The van der Waals surface area contributed by atoms with E-state index >= 15 is 0 Å². The lowest BCUT2D eigenvalue weighted by molar-refractivity contribution is -0.141. The van der Waals surface area contributed by atoms with Gasteiger partial charge in [0.05, 0.1) is 21.4 Å². The summed E-state index contributed by atoms with van der Waals surface area (Å²) in [4.78, 5) is 12.7. The molecule has 1 saturated heterocycles. The van der Waals surface area contributed by atoms with E-state index in [9.17, 15) is 21.6 Å². The van der Waals surface area contributed by atoms with Gasteiger partial charge in [0.15, 0.2) is 19.7 Å².